The fraction of sp³-hybridized carbons (Fsp3) is 0.500. The maximum Gasteiger partial charge on any atom is 0.305 e. The van der Waals surface area contributed by atoms with Gasteiger partial charge in [0.05, 0.1) is 11.6 Å². The molecule has 1 heterocycles. The van der Waals surface area contributed by atoms with Gasteiger partial charge in [-0.3, -0.25) is 4.79 Å². The van der Waals surface area contributed by atoms with Crippen LogP contribution in [-0.2, 0) is 16.0 Å². The molecule has 1 aliphatic heterocycles. The third-order valence-corrected chi connectivity index (χ3v) is 3.29. The lowest BCUT2D eigenvalue weighted by atomic mass is 10.0. The van der Waals surface area contributed by atoms with Gasteiger partial charge in [0.2, 0.25) is 6.79 Å². The molecule has 2 N–H and O–H groups in total. The Bertz CT molecular complexity index is 492. The molecule has 0 spiro atoms. The molecular weight excluding hydrogens is 282 g/mol. The van der Waals surface area contributed by atoms with Gasteiger partial charge < -0.3 is 19.9 Å². The second-order valence-electron chi connectivity index (χ2n) is 4.62. The number of nitrogens with two attached hydrogens (primary N) is 1. The predicted octanol–water partition coefficient (Wildman–Crippen LogP) is 2.28. The molecule has 0 fully saturated rings. The fourth-order valence-corrected chi connectivity index (χ4v) is 2.37. The smallest absolute Gasteiger partial charge is 0.305 e. The number of hydrogen-bond acceptors (Lipinski definition) is 5. The van der Waals surface area contributed by atoms with Crippen molar-refractivity contribution in [2.24, 2.45) is 5.73 Å². The van der Waals surface area contributed by atoms with Crippen molar-refractivity contribution in [3.05, 3.63) is 22.7 Å². The number of fused-ring (bicyclic) bond motifs is 1. The molecule has 0 amide bonds. The minimum atomic E-state index is -0.216. The maximum absolute atomic E-state index is 11.3. The molecule has 0 aliphatic carbocycles. The summed E-state index contributed by atoms with van der Waals surface area (Å²) in [7, 11) is 0. The molecule has 0 radical (unpaired) electrons. The van der Waals surface area contributed by atoms with E-state index in [2.05, 4.69) is 0 Å². The Hall–Kier alpha value is -1.46. The van der Waals surface area contributed by atoms with Gasteiger partial charge in [0.1, 0.15) is 0 Å². The minimum absolute atomic E-state index is 0.129. The minimum Gasteiger partial charge on any atom is -0.466 e. The number of esters is 1. The van der Waals surface area contributed by atoms with Crippen molar-refractivity contribution in [3.63, 3.8) is 0 Å². The van der Waals surface area contributed by atoms with E-state index in [1.807, 2.05) is 12.1 Å². The van der Waals surface area contributed by atoms with Gasteiger partial charge >= 0.3 is 5.97 Å². The monoisotopic (exact) mass is 299 g/mol. The molecule has 0 saturated heterocycles. The Morgan fingerprint density at radius 2 is 2.30 bits per heavy atom. The number of benzene rings is 1. The molecule has 6 heteroatoms. The molecule has 0 aromatic heterocycles. The molecule has 1 aromatic carbocycles. The molecule has 0 bridgehead atoms. The average Bonchev–Trinajstić information content (AvgIpc) is 2.85. The van der Waals surface area contributed by atoms with E-state index in [-0.39, 0.29) is 18.8 Å². The summed E-state index contributed by atoms with van der Waals surface area (Å²) in [6.07, 6.45) is 1.52. The second kappa shape index (κ2) is 6.81. The quantitative estimate of drug-likeness (QED) is 0.816. The summed E-state index contributed by atoms with van der Waals surface area (Å²) in [4.78, 5) is 11.3. The van der Waals surface area contributed by atoms with Crippen LogP contribution >= 0.6 is 11.6 Å². The highest BCUT2D eigenvalue weighted by Gasteiger charge is 2.19. The van der Waals surface area contributed by atoms with Gasteiger partial charge in [-0.25, -0.2) is 0 Å². The van der Waals surface area contributed by atoms with Gasteiger partial charge in [-0.1, -0.05) is 11.6 Å². The van der Waals surface area contributed by atoms with Crippen molar-refractivity contribution in [2.45, 2.75) is 32.2 Å². The van der Waals surface area contributed by atoms with Crippen LogP contribution in [0.5, 0.6) is 11.5 Å². The summed E-state index contributed by atoms with van der Waals surface area (Å²) >= 11 is 6.11. The predicted molar refractivity (Wildman–Crippen MR) is 75.1 cm³/mol. The highest BCUT2D eigenvalue weighted by atomic mass is 35.5. The third-order valence-electron chi connectivity index (χ3n) is 3.01. The molecule has 1 aromatic rings. The van der Waals surface area contributed by atoms with Gasteiger partial charge in [-0.15, -0.1) is 0 Å². The Morgan fingerprint density at radius 1 is 1.50 bits per heavy atom. The molecule has 1 atom stereocenters. The van der Waals surface area contributed by atoms with E-state index in [1.54, 1.807) is 6.92 Å². The van der Waals surface area contributed by atoms with Crippen molar-refractivity contribution in [1.82, 2.24) is 0 Å². The Morgan fingerprint density at radius 3 is 3.05 bits per heavy atom. The van der Waals surface area contributed by atoms with Gasteiger partial charge in [0.25, 0.3) is 0 Å². The first-order valence-corrected chi connectivity index (χ1v) is 6.97. The van der Waals surface area contributed by atoms with Crippen LogP contribution < -0.4 is 15.2 Å². The van der Waals surface area contributed by atoms with Crippen molar-refractivity contribution < 1.29 is 19.0 Å². The van der Waals surface area contributed by atoms with Crippen molar-refractivity contribution >= 4 is 17.6 Å². The normalized spacial score (nSPS) is 14.2. The number of rotatable bonds is 6. The first kappa shape index (κ1) is 14.9. The molecular formula is C14H18ClNO4. The fourth-order valence-electron chi connectivity index (χ4n) is 2.08. The number of halogens is 1. The van der Waals surface area contributed by atoms with Crippen LogP contribution in [0.1, 0.15) is 25.3 Å². The summed E-state index contributed by atoms with van der Waals surface area (Å²) in [5.41, 5.74) is 6.99. The van der Waals surface area contributed by atoms with E-state index in [9.17, 15) is 4.79 Å². The van der Waals surface area contributed by atoms with Crippen LogP contribution in [0.15, 0.2) is 12.1 Å². The highest BCUT2D eigenvalue weighted by molar-refractivity contribution is 6.32. The lowest BCUT2D eigenvalue weighted by Crippen LogP contribution is -2.24. The van der Waals surface area contributed by atoms with Gasteiger partial charge in [0.15, 0.2) is 11.5 Å². The standard InChI is InChI=1S/C14H18ClNO4/c1-2-18-13(17)4-3-10(16)5-9-6-11(15)14-12(7-9)19-8-20-14/h6-7,10H,2-5,8,16H2,1H3. The average molecular weight is 300 g/mol. The Labute approximate surface area is 122 Å². The molecule has 2 rings (SSSR count). The number of carbonyl (C=O) groups is 1. The van der Waals surface area contributed by atoms with Crippen molar-refractivity contribution in [2.75, 3.05) is 13.4 Å². The van der Waals surface area contributed by atoms with Crippen molar-refractivity contribution in [1.29, 1.82) is 0 Å². The molecule has 1 aliphatic rings. The lowest BCUT2D eigenvalue weighted by molar-refractivity contribution is -0.143. The topological polar surface area (TPSA) is 70.8 Å². The first-order chi connectivity index (χ1) is 9.60. The van der Waals surface area contributed by atoms with Gasteiger partial charge in [-0.05, 0) is 37.5 Å². The van der Waals surface area contributed by atoms with Crippen LogP contribution in [0.3, 0.4) is 0 Å². The first-order valence-electron chi connectivity index (χ1n) is 6.59. The zero-order valence-electron chi connectivity index (χ0n) is 11.4. The summed E-state index contributed by atoms with van der Waals surface area (Å²) in [6, 6.07) is 3.56. The largest absolute Gasteiger partial charge is 0.466 e. The van der Waals surface area contributed by atoms with E-state index in [0.29, 0.717) is 42.4 Å². The van der Waals surface area contributed by atoms with Gasteiger partial charge in [-0.2, -0.15) is 0 Å². The van der Waals surface area contributed by atoms with E-state index in [4.69, 9.17) is 31.5 Å². The summed E-state index contributed by atoms with van der Waals surface area (Å²) in [6.45, 7) is 2.37. The van der Waals surface area contributed by atoms with Crippen LogP contribution in [-0.4, -0.2) is 25.4 Å². The molecule has 110 valence electrons. The Kier molecular flexibility index (Phi) is 5.09. The molecule has 5 nitrogen and oxygen atoms in total. The number of hydrogen-bond donors (Lipinski definition) is 1. The zero-order chi connectivity index (χ0) is 14.5. The molecule has 20 heavy (non-hydrogen) atoms. The SMILES string of the molecule is CCOC(=O)CCC(N)Cc1cc(Cl)c2c(c1)OCO2. The summed E-state index contributed by atoms with van der Waals surface area (Å²) in [5, 5.41) is 0.521. The van der Waals surface area contributed by atoms with Gasteiger partial charge in [0, 0.05) is 12.5 Å². The van der Waals surface area contributed by atoms with E-state index >= 15 is 0 Å². The van der Waals surface area contributed by atoms with Crippen LogP contribution in [0.2, 0.25) is 5.02 Å². The van der Waals surface area contributed by atoms with Crippen molar-refractivity contribution in [3.8, 4) is 11.5 Å². The number of ether oxygens (including phenoxy) is 3. The van der Waals surface area contributed by atoms with Crippen LogP contribution in [0.25, 0.3) is 0 Å². The lowest BCUT2D eigenvalue weighted by Gasteiger charge is -2.12. The molecule has 1 unspecified atom stereocenters. The van der Waals surface area contributed by atoms with E-state index in [0.717, 1.165) is 5.56 Å². The van der Waals surface area contributed by atoms with E-state index < -0.39 is 0 Å². The Balaban J connectivity index is 1.90. The van der Waals surface area contributed by atoms with E-state index in [1.165, 1.54) is 0 Å². The second-order valence-corrected chi connectivity index (χ2v) is 5.03. The molecule has 0 saturated carbocycles. The number of carbonyl (C=O) groups excluding carboxylic acids is 1. The van der Waals surface area contributed by atoms with Crippen LogP contribution in [0, 0.1) is 0 Å². The summed E-state index contributed by atoms with van der Waals surface area (Å²) in [5.74, 6) is 1.01. The summed E-state index contributed by atoms with van der Waals surface area (Å²) < 4.78 is 15.4. The third kappa shape index (κ3) is 3.77. The highest BCUT2D eigenvalue weighted by Crippen LogP contribution is 2.40. The van der Waals surface area contributed by atoms with Crippen LogP contribution in [0.4, 0.5) is 0 Å². The maximum atomic E-state index is 11.3. The zero-order valence-corrected chi connectivity index (χ0v) is 12.1.